The number of halogens is 2. The lowest BCUT2D eigenvalue weighted by Gasteiger charge is -2.34. The van der Waals surface area contributed by atoms with Crippen LogP contribution in [0.5, 0.6) is 0 Å². The van der Waals surface area contributed by atoms with Crippen molar-refractivity contribution in [2.75, 3.05) is 0 Å². The first-order valence-electron chi connectivity index (χ1n) is 9.71. The van der Waals surface area contributed by atoms with E-state index in [-0.39, 0.29) is 17.6 Å². The van der Waals surface area contributed by atoms with Gasteiger partial charge in [-0.05, 0) is 54.2 Å². The Morgan fingerprint density at radius 2 is 1.59 bits per heavy atom. The minimum Gasteiger partial charge on any atom is -0.282 e. The van der Waals surface area contributed by atoms with Crippen molar-refractivity contribution in [3.05, 3.63) is 99.2 Å². The van der Waals surface area contributed by atoms with Crippen LogP contribution in [0.3, 0.4) is 0 Å². The van der Waals surface area contributed by atoms with Gasteiger partial charge in [0.05, 0.1) is 5.69 Å². The lowest BCUT2D eigenvalue weighted by atomic mass is 9.68. The number of hydrogen-bond donors (Lipinski definition) is 1. The maximum atomic E-state index is 13.6. The average Bonchev–Trinajstić information content (AvgIpc) is 3.49. The zero-order valence-corrected chi connectivity index (χ0v) is 15.6. The molecule has 1 atom stereocenters. The zero-order chi connectivity index (χ0) is 20.0. The van der Waals surface area contributed by atoms with Gasteiger partial charge in [0.25, 0.3) is 0 Å². The molecule has 2 aromatic carbocycles. The number of benzene rings is 2. The zero-order valence-electron chi connectivity index (χ0n) is 15.6. The Balaban J connectivity index is 1.62. The molecule has 2 aliphatic rings. The van der Waals surface area contributed by atoms with Crippen molar-refractivity contribution in [3.8, 4) is 0 Å². The number of nitroso groups, excluding NO2 is 1. The van der Waals surface area contributed by atoms with Crippen LogP contribution in [0.2, 0.25) is 0 Å². The average molecular weight is 391 g/mol. The van der Waals surface area contributed by atoms with Gasteiger partial charge in [-0.1, -0.05) is 41.6 Å². The standard InChI is InChI=1S/C23H19F2N3O/c24-17-7-3-15(4-8-17)23(16-5-9-18(25)10-6-16)12-11-19-20(13-23)26-27-22(19)21(28-29)14-1-2-14/h3-12,14,21H,1-2,13H2,(H,26,27). The molecule has 1 saturated carbocycles. The number of H-pyrrole nitrogens is 1. The summed E-state index contributed by atoms with van der Waals surface area (Å²) in [7, 11) is 0. The summed E-state index contributed by atoms with van der Waals surface area (Å²) in [6, 6.07) is 12.3. The van der Waals surface area contributed by atoms with Crippen LogP contribution >= 0.6 is 0 Å². The highest BCUT2D eigenvalue weighted by atomic mass is 19.1. The molecule has 0 amide bonds. The van der Waals surface area contributed by atoms with Crippen LogP contribution in [-0.4, -0.2) is 10.2 Å². The minimum atomic E-state index is -0.595. The van der Waals surface area contributed by atoms with Gasteiger partial charge in [0.1, 0.15) is 17.7 Å². The number of aromatic nitrogens is 2. The van der Waals surface area contributed by atoms with Crippen LogP contribution < -0.4 is 0 Å². The summed E-state index contributed by atoms with van der Waals surface area (Å²) in [6.07, 6.45) is 6.54. The number of nitrogens with zero attached hydrogens (tertiary/aromatic N) is 2. The van der Waals surface area contributed by atoms with Crippen molar-refractivity contribution in [1.29, 1.82) is 0 Å². The molecule has 1 heterocycles. The van der Waals surface area contributed by atoms with E-state index >= 15 is 0 Å². The van der Waals surface area contributed by atoms with Gasteiger partial charge in [0.15, 0.2) is 0 Å². The molecular formula is C23H19F2N3O. The van der Waals surface area contributed by atoms with Gasteiger partial charge in [-0.25, -0.2) is 8.78 Å². The van der Waals surface area contributed by atoms with E-state index in [4.69, 9.17) is 0 Å². The number of hydrogen-bond acceptors (Lipinski definition) is 3. The Bertz CT molecular complexity index is 1040. The van der Waals surface area contributed by atoms with Crippen molar-refractivity contribution in [2.24, 2.45) is 11.1 Å². The SMILES string of the molecule is O=NC(c1n[nH]c2c1C=CC(c1ccc(F)cc1)(c1ccc(F)cc1)C2)C1CC1. The monoisotopic (exact) mass is 391 g/mol. The van der Waals surface area contributed by atoms with E-state index in [0.29, 0.717) is 12.1 Å². The fourth-order valence-electron chi connectivity index (χ4n) is 4.34. The van der Waals surface area contributed by atoms with Crippen molar-refractivity contribution in [1.82, 2.24) is 10.2 Å². The van der Waals surface area contributed by atoms with Crippen LogP contribution in [0.1, 0.15) is 47.0 Å². The highest BCUT2D eigenvalue weighted by Crippen LogP contribution is 2.47. The van der Waals surface area contributed by atoms with Gasteiger partial charge in [-0.2, -0.15) is 10.0 Å². The normalized spacial score (nSPS) is 18.3. The summed E-state index contributed by atoms with van der Waals surface area (Å²) in [5, 5.41) is 10.8. The molecule has 1 aromatic heterocycles. The lowest BCUT2D eigenvalue weighted by Crippen LogP contribution is -2.30. The Labute approximate surface area is 166 Å². The van der Waals surface area contributed by atoms with E-state index < -0.39 is 11.5 Å². The van der Waals surface area contributed by atoms with Crippen molar-refractivity contribution >= 4 is 6.08 Å². The van der Waals surface area contributed by atoms with E-state index in [9.17, 15) is 13.7 Å². The molecule has 2 aliphatic carbocycles. The first-order valence-corrected chi connectivity index (χ1v) is 9.71. The fourth-order valence-corrected chi connectivity index (χ4v) is 4.34. The smallest absolute Gasteiger partial charge is 0.139 e. The molecule has 0 aliphatic heterocycles. The van der Waals surface area contributed by atoms with Crippen molar-refractivity contribution in [2.45, 2.75) is 30.7 Å². The van der Waals surface area contributed by atoms with E-state index in [0.717, 1.165) is 35.2 Å². The predicted octanol–water partition coefficient (Wildman–Crippen LogP) is 5.46. The van der Waals surface area contributed by atoms with E-state index in [2.05, 4.69) is 15.4 Å². The Morgan fingerprint density at radius 1 is 1.00 bits per heavy atom. The topological polar surface area (TPSA) is 58.1 Å². The van der Waals surface area contributed by atoms with Gasteiger partial charge >= 0.3 is 0 Å². The highest BCUT2D eigenvalue weighted by Gasteiger charge is 2.40. The van der Waals surface area contributed by atoms with E-state index in [1.54, 1.807) is 24.3 Å². The highest BCUT2D eigenvalue weighted by molar-refractivity contribution is 5.65. The second kappa shape index (κ2) is 6.72. The minimum absolute atomic E-state index is 0.272. The third kappa shape index (κ3) is 2.99. The van der Waals surface area contributed by atoms with Crippen molar-refractivity contribution < 1.29 is 8.78 Å². The molecule has 6 heteroatoms. The third-order valence-electron chi connectivity index (χ3n) is 6.08. The molecule has 0 spiro atoms. The van der Waals surface area contributed by atoms with Crippen LogP contribution in [0.4, 0.5) is 8.78 Å². The first-order chi connectivity index (χ1) is 14.1. The van der Waals surface area contributed by atoms with Crippen molar-refractivity contribution in [3.63, 3.8) is 0 Å². The molecule has 1 N–H and O–H groups in total. The number of rotatable bonds is 5. The van der Waals surface area contributed by atoms with Gasteiger partial charge in [-0.15, -0.1) is 0 Å². The van der Waals surface area contributed by atoms with Gasteiger partial charge in [0, 0.05) is 23.1 Å². The van der Waals surface area contributed by atoms with Crippen LogP contribution in [0.25, 0.3) is 6.08 Å². The number of fused-ring (bicyclic) bond motifs is 1. The summed E-state index contributed by atoms with van der Waals surface area (Å²) >= 11 is 0. The van der Waals surface area contributed by atoms with Gasteiger partial charge in [-0.3, -0.25) is 5.10 Å². The maximum absolute atomic E-state index is 13.6. The molecular weight excluding hydrogens is 372 g/mol. The second-order valence-electron chi connectivity index (χ2n) is 7.88. The summed E-state index contributed by atoms with van der Waals surface area (Å²) in [6.45, 7) is 0. The van der Waals surface area contributed by atoms with Crippen LogP contribution in [0, 0.1) is 22.5 Å². The molecule has 0 saturated heterocycles. The summed E-state index contributed by atoms with van der Waals surface area (Å²) < 4.78 is 27.1. The Kier molecular flexibility index (Phi) is 4.15. The molecule has 146 valence electrons. The summed E-state index contributed by atoms with van der Waals surface area (Å²) in [4.78, 5) is 11.4. The summed E-state index contributed by atoms with van der Waals surface area (Å²) in [5.74, 6) is -0.345. The lowest BCUT2D eigenvalue weighted by molar-refractivity contribution is 0.599. The largest absolute Gasteiger partial charge is 0.282 e. The molecule has 5 rings (SSSR count). The van der Waals surface area contributed by atoms with E-state index in [1.807, 2.05) is 12.2 Å². The molecule has 4 nitrogen and oxygen atoms in total. The Morgan fingerprint density at radius 3 is 2.10 bits per heavy atom. The molecule has 0 bridgehead atoms. The molecule has 1 unspecified atom stereocenters. The fraction of sp³-hybridized carbons (Fsp3) is 0.261. The van der Waals surface area contributed by atoms with Gasteiger partial charge < -0.3 is 0 Å². The molecule has 29 heavy (non-hydrogen) atoms. The molecule has 1 fully saturated rings. The maximum Gasteiger partial charge on any atom is 0.139 e. The van der Waals surface area contributed by atoms with Crippen LogP contribution in [-0.2, 0) is 11.8 Å². The first kappa shape index (κ1) is 17.9. The predicted molar refractivity (Wildman–Crippen MR) is 106 cm³/mol. The number of aromatic amines is 1. The third-order valence-corrected chi connectivity index (χ3v) is 6.08. The quantitative estimate of drug-likeness (QED) is 0.587. The Hall–Kier alpha value is -3.15. The van der Waals surface area contributed by atoms with Gasteiger partial charge in [0.2, 0.25) is 0 Å². The van der Waals surface area contributed by atoms with Crippen LogP contribution in [0.15, 0.2) is 59.8 Å². The molecule has 0 radical (unpaired) electrons. The summed E-state index contributed by atoms with van der Waals surface area (Å²) in [5.41, 5.74) is 3.70. The number of allylic oxidation sites excluding steroid dienone is 1. The number of nitrogens with one attached hydrogen (secondary N) is 1. The second-order valence-corrected chi connectivity index (χ2v) is 7.88. The van der Waals surface area contributed by atoms with E-state index in [1.165, 1.54) is 24.3 Å². The molecule has 3 aromatic rings.